The highest BCUT2D eigenvalue weighted by atomic mass is 14.9. The molecule has 0 aliphatic heterocycles. The molecule has 2 aromatic rings. The van der Waals surface area contributed by atoms with Crippen molar-refractivity contribution in [1.82, 2.24) is 4.57 Å². The molecule has 17 heavy (non-hydrogen) atoms. The van der Waals surface area contributed by atoms with Crippen molar-refractivity contribution in [2.45, 2.75) is 46.5 Å². The SMILES string of the molecule is Cc1cc(C(C)C)cc2c1cc(C(C)C)n2C. The van der Waals surface area contributed by atoms with Crippen LogP contribution in [0.4, 0.5) is 0 Å². The number of benzene rings is 1. The highest BCUT2D eigenvalue weighted by Gasteiger charge is 2.12. The highest BCUT2D eigenvalue weighted by Crippen LogP contribution is 2.29. The molecule has 1 aromatic carbocycles. The van der Waals surface area contributed by atoms with Crippen molar-refractivity contribution < 1.29 is 0 Å². The third kappa shape index (κ3) is 1.99. The summed E-state index contributed by atoms with van der Waals surface area (Å²) in [5, 5.41) is 1.40. The molecule has 0 saturated carbocycles. The summed E-state index contributed by atoms with van der Waals surface area (Å²) in [6.07, 6.45) is 0. The first kappa shape index (κ1) is 12.2. The average Bonchev–Trinajstić information content (AvgIpc) is 2.57. The Bertz CT molecular complexity index is 544. The van der Waals surface area contributed by atoms with Gasteiger partial charge in [-0.15, -0.1) is 0 Å². The van der Waals surface area contributed by atoms with Gasteiger partial charge in [0.1, 0.15) is 0 Å². The maximum atomic E-state index is 2.35. The van der Waals surface area contributed by atoms with Crippen molar-refractivity contribution in [3.05, 3.63) is 35.0 Å². The molecule has 0 saturated heterocycles. The van der Waals surface area contributed by atoms with Crippen molar-refractivity contribution in [3.63, 3.8) is 0 Å². The van der Waals surface area contributed by atoms with E-state index in [1.165, 1.54) is 27.7 Å². The molecular weight excluding hydrogens is 206 g/mol. The Morgan fingerprint density at radius 1 is 0.941 bits per heavy atom. The van der Waals surface area contributed by atoms with Crippen LogP contribution in [0, 0.1) is 6.92 Å². The number of rotatable bonds is 2. The number of fused-ring (bicyclic) bond motifs is 1. The van der Waals surface area contributed by atoms with Crippen LogP contribution >= 0.6 is 0 Å². The summed E-state index contributed by atoms with van der Waals surface area (Å²) in [5.74, 6) is 1.17. The van der Waals surface area contributed by atoms with Gasteiger partial charge in [-0.25, -0.2) is 0 Å². The molecule has 0 atom stereocenters. The van der Waals surface area contributed by atoms with Gasteiger partial charge >= 0.3 is 0 Å². The fourth-order valence-electron chi connectivity index (χ4n) is 2.54. The lowest BCUT2D eigenvalue weighted by Crippen LogP contribution is -1.98. The second-order valence-electron chi connectivity index (χ2n) is 5.71. The zero-order chi connectivity index (χ0) is 12.7. The molecule has 1 nitrogen and oxygen atoms in total. The number of hydrogen-bond acceptors (Lipinski definition) is 0. The van der Waals surface area contributed by atoms with E-state index >= 15 is 0 Å². The van der Waals surface area contributed by atoms with E-state index in [-0.39, 0.29) is 0 Å². The predicted octanol–water partition coefficient (Wildman–Crippen LogP) is 4.73. The van der Waals surface area contributed by atoms with Gasteiger partial charge in [-0.2, -0.15) is 0 Å². The third-order valence-corrected chi connectivity index (χ3v) is 3.69. The predicted molar refractivity (Wildman–Crippen MR) is 75.8 cm³/mol. The maximum absolute atomic E-state index is 2.35. The first-order chi connectivity index (χ1) is 7.91. The Morgan fingerprint density at radius 3 is 2.12 bits per heavy atom. The van der Waals surface area contributed by atoms with Gasteiger partial charge < -0.3 is 4.57 Å². The van der Waals surface area contributed by atoms with E-state index in [1.54, 1.807) is 0 Å². The molecule has 1 heteroatoms. The number of aryl methyl sites for hydroxylation is 2. The molecule has 0 amide bonds. The van der Waals surface area contributed by atoms with E-state index in [4.69, 9.17) is 0 Å². The van der Waals surface area contributed by atoms with Crippen LogP contribution in [0.1, 0.15) is 56.4 Å². The summed E-state index contributed by atoms with van der Waals surface area (Å²) in [7, 11) is 2.18. The normalized spacial score (nSPS) is 12.0. The van der Waals surface area contributed by atoms with Gasteiger partial charge in [0.2, 0.25) is 0 Å². The number of aromatic nitrogens is 1. The minimum absolute atomic E-state index is 0.578. The van der Waals surface area contributed by atoms with Crippen molar-refractivity contribution in [1.29, 1.82) is 0 Å². The van der Waals surface area contributed by atoms with Crippen LogP contribution in [0.15, 0.2) is 18.2 Å². The summed E-state index contributed by atoms with van der Waals surface area (Å²) in [5.41, 5.74) is 5.63. The molecule has 0 spiro atoms. The first-order valence-electron chi connectivity index (χ1n) is 6.51. The van der Waals surface area contributed by atoms with Gasteiger partial charge in [-0.05, 0) is 42.0 Å². The molecule has 0 unspecified atom stereocenters. The van der Waals surface area contributed by atoms with Crippen LogP contribution in [0.25, 0.3) is 10.9 Å². The summed E-state index contributed by atoms with van der Waals surface area (Å²) in [6.45, 7) is 11.2. The van der Waals surface area contributed by atoms with E-state index in [0.717, 1.165) is 0 Å². The first-order valence-corrected chi connectivity index (χ1v) is 6.51. The minimum atomic E-state index is 0.578. The topological polar surface area (TPSA) is 4.93 Å². The Kier molecular flexibility index (Phi) is 3.03. The lowest BCUT2D eigenvalue weighted by molar-refractivity contribution is 0.754. The number of nitrogens with zero attached hydrogens (tertiary/aromatic N) is 1. The monoisotopic (exact) mass is 229 g/mol. The lowest BCUT2D eigenvalue weighted by Gasteiger charge is -2.10. The molecule has 0 aliphatic carbocycles. The van der Waals surface area contributed by atoms with Crippen molar-refractivity contribution >= 4 is 10.9 Å². The van der Waals surface area contributed by atoms with Crippen LogP contribution in [0.3, 0.4) is 0 Å². The molecule has 1 heterocycles. The van der Waals surface area contributed by atoms with Crippen molar-refractivity contribution in [2.24, 2.45) is 7.05 Å². The molecular formula is C16H23N. The van der Waals surface area contributed by atoms with E-state index in [9.17, 15) is 0 Å². The molecule has 0 bridgehead atoms. The molecule has 0 N–H and O–H groups in total. The van der Waals surface area contributed by atoms with Gasteiger partial charge in [-0.3, -0.25) is 0 Å². The van der Waals surface area contributed by atoms with Gasteiger partial charge in [0.15, 0.2) is 0 Å². The standard InChI is InChI=1S/C16H23N/c1-10(2)13-7-12(5)14-9-15(11(3)4)17(6)16(14)8-13/h7-11H,1-6H3. The van der Waals surface area contributed by atoms with E-state index in [0.29, 0.717) is 11.8 Å². The van der Waals surface area contributed by atoms with Crippen LogP contribution in [-0.2, 0) is 7.05 Å². The van der Waals surface area contributed by atoms with Gasteiger partial charge in [-0.1, -0.05) is 33.8 Å². The van der Waals surface area contributed by atoms with E-state index in [2.05, 4.69) is 64.4 Å². The Hall–Kier alpha value is -1.24. The summed E-state index contributed by atoms with van der Waals surface area (Å²) in [6, 6.07) is 7.02. The smallest absolute Gasteiger partial charge is 0.0485 e. The average molecular weight is 229 g/mol. The van der Waals surface area contributed by atoms with Crippen LogP contribution in [0.5, 0.6) is 0 Å². The summed E-state index contributed by atoms with van der Waals surface area (Å²) < 4.78 is 2.35. The molecule has 0 aliphatic rings. The van der Waals surface area contributed by atoms with Crippen LogP contribution in [-0.4, -0.2) is 4.57 Å². The Labute approximate surface area is 104 Å². The van der Waals surface area contributed by atoms with Crippen LogP contribution in [0.2, 0.25) is 0 Å². The molecule has 0 radical (unpaired) electrons. The fraction of sp³-hybridized carbons (Fsp3) is 0.500. The maximum Gasteiger partial charge on any atom is 0.0485 e. The number of hydrogen-bond donors (Lipinski definition) is 0. The Morgan fingerprint density at radius 2 is 1.59 bits per heavy atom. The Balaban J connectivity index is 2.75. The minimum Gasteiger partial charge on any atom is -0.347 e. The zero-order valence-electron chi connectivity index (χ0n) is 11.8. The fourth-order valence-corrected chi connectivity index (χ4v) is 2.54. The van der Waals surface area contributed by atoms with Crippen molar-refractivity contribution in [2.75, 3.05) is 0 Å². The second-order valence-corrected chi connectivity index (χ2v) is 5.71. The van der Waals surface area contributed by atoms with Crippen LogP contribution < -0.4 is 0 Å². The molecule has 1 aromatic heterocycles. The van der Waals surface area contributed by atoms with Gasteiger partial charge in [0, 0.05) is 23.6 Å². The third-order valence-electron chi connectivity index (χ3n) is 3.69. The zero-order valence-corrected chi connectivity index (χ0v) is 11.8. The largest absolute Gasteiger partial charge is 0.347 e. The summed E-state index contributed by atoms with van der Waals surface area (Å²) in [4.78, 5) is 0. The van der Waals surface area contributed by atoms with E-state index in [1.807, 2.05) is 0 Å². The van der Waals surface area contributed by atoms with Gasteiger partial charge in [0.25, 0.3) is 0 Å². The summed E-state index contributed by atoms with van der Waals surface area (Å²) >= 11 is 0. The molecule has 2 rings (SSSR count). The van der Waals surface area contributed by atoms with Crippen molar-refractivity contribution in [3.8, 4) is 0 Å². The lowest BCUT2D eigenvalue weighted by atomic mass is 9.99. The van der Waals surface area contributed by atoms with Gasteiger partial charge in [0.05, 0.1) is 0 Å². The van der Waals surface area contributed by atoms with E-state index < -0.39 is 0 Å². The molecule has 92 valence electrons. The quantitative estimate of drug-likeness (QED) is 0.701. The molecule has 0 fully saturated rings. The highest BCUT2D eigenvalue weighted by molar-refractivity contribution is 5.85. The second kappa shape index (κ2) is 4.21.